The number of aryl methyl sites for hydroxylation is 1. The Morgan fingerprint density at radius 1 is 1.32 bits per heavy atom. The minimum Gasteiger partial charge on any atom is -0.495 e. The summed E-state index contributed by atoms with van der Waals surface area (Å²) in [5.74, 6) is -0.654. The number of nitrogens with zero attached hydrogens (tertiary/aromatic N) is 3. The Bertz CT molecular complexity index is 1200. The topological polar surface area (TPSA) is 126 Å². The van der Waals surface area contributed by atoms with E-state index in [2.05, 4.69) is 15.5 Å². The number of benzene rings is 1. The van der Waals surface area contributed by atoms with Crippen molar-refractivity contribution in [1.29, 1.82) is 0 Å². The fourth-order valence-electron chi connectivity index (χ4n) is 3.20. The second kappa shape index (κ2) is 9.17. The van der Waals surface area contributed by atoms with Crippen molar-refractivity contribution < 1.29 is 23.6 Å². The van der Waals surface area contributed by atoms with Gasteiger partial charge in [-0.1, -0.05) is 23.7 Å². The van der Waals surface area contributed by atoms with Crippen molar-refractivity contribution in [2.75, 3.05) is 19.0 Å². The van der Waals surface area contributed by atoms with Crippen molar-refractivity contribution in [2.24, 2.45) is 0 Å². The number of rotatable bonds is 7. The van der Waals surface area contributed by atoms with E-state index < -0.39 is 23.5 Å². The Hall–Kier alpha value is -3.40. The minimum absolute atomic E-state index is 0.0993. The lowest BCUT2D eigenvalue weighted by Gasteiger charge is -2.20. The van der Waals surface area contributed by atoms with Crippen LogP contribution in [0.25, 0.3) is 11.1 Å². The monoisotopic (exact) mass is 448 g/mol. The summed E-state index contributed by atoms with van der Waals surface area (Å²) in [5.41, 5.74) is -0.661. The molecule has 1 atom stereocenters. The van der Waals surface area contributed by atoms with Crippen LogP contribution >= 0.6 is 11.6 Å². The van der Waals surface area contributed by atoms with E-state index in [4.69, 9.17) is 25.6 Å². The highest BCUT2D eigenvalue weighted by molar-refractivity contribution is 6.31. The van der Waals surface area contributed by atoms with Crippen molar-refractivity contribution in [3.8, 4) is 5.75 Å². The Morgan fingerprint density at radius 2 is 2.06 bits per heavy atom. The number of nitrogens with one attached hydrogen (secondary N) is 1. The Morgan fingerprint density at radius 3 is 2.71 bits per heavy atom. The van der Waals surface area contributed by atoms with Gasteiger partial charge in [-0.15, -0.1) is 0 Å². The molecule has 0 aliphatic heterocycles. The third kappa shape index (κ3) is 4.24. The third-order valence-electron chi connectivity index (χ3n) is 4.61. The zero-order valence-corrected chi connectivity index (χ0v) is 18.1. The van der Waals surface area contributed by atoms with Crippen LogP contribution in [0.4, 0.5) is 5.69 Å². The lowest BCUT2D eigenvalue weighted by atomic mass is 10.1. The number of aromatic nitrogens is 3. The second-order valence-electron chi connectivity index (χ2n) is 6.52. The van der Waals surface area contributed by atoms with Crippen LogP contribution in [0.3, 0.4) is 0 Å². The summed E-state index contributed by atoms with van der Waals surface area (Å²) in [6, 6.07) is 3.86. The van der Waals surface area contributed by atoms with E-state index in [1.54, 1.807) is 39.0 Å². The van der Waals surface area contributed by atoms with Crippen LogP contribution in [0.2, 0.25) is 5.02 Å². The zero-order chi connectivity index (χ0) is 22.7. The highest BCUT2D eigenvalue weighted by Gasteiger charge is 2.28. The average molecular weight is 449 g/mol. The number of ether oxygens (including phenoxy) is 2. The number of methoxy groups -OCH3 is 1. The van der Waals surface area contributed by atoms with Gasteiger partial charge in [0.2, 0.25) is 11.6 Å². The molecule has 1 aromatic carbocycles. The molecule has 0 saturated carbocycles. The van der Waals surface area contributed by atoms with Crippen LogP contribution in [0.15, 0.2) is 27.5 Å². The van der Waals surface area contributed by atoms with Gasteiger partial charge in [0.05, 0.1) is 19.4 Å². The van der Waals surface area contributed by atoms with Crippen LogP contribution < -0.4 is 15.6 Å². The Balaban J connectivity index is 2.07. The number of anilines is 1. The molecule has 0 bridgehead atoms. The van der Waals surface area contributed by atoms with E-state index in [0.29, 0.717) is 16.5 Å². The van der Waals surface area contributed by atoms with E-state index in [1.165, 1.54) is 11.7 Å². The smallest absolute Gasteiger partial charge is 0.361 e. The molecule has 0 spiro atoms. The van der Waals surface area contributed by atoms with Gasteiger partial charge in [-0.3, -0.25) is 14.2 Å². The van der Waals surface area contributed by atoms with Crippen LogP contribution in [0.5, 0.6) is 5.75 Å². The van der Waals surface area contributed by atoms with Gasteiger partial charge >= 0.3 is 5.97 Å². The molecule has 1 amide bonds. The molecule has 10 nitrogen and oxygen atoms in total. The first-order chi connectivity index (χ1) is 14.8. The maximum absolute atomic E-state index is 13.3. The molecule has 2 heterocycles. The molecule has 0 aliphatic carbocycles. The molecule has 11 heteroatoms. The molecular weight excluding hydrogens is 428 g/mol. The zero-order valence-electron chi connectivity index (χ0n) is 17.4. The van der Waals surface area contributed by atoms with E-state index in [1.807, 2.05) is 0 Å². The number of hydrogen-bond donors (Lipinski definition) is 1. The summed E-state index contributed by atoms with van der Waals surface area (Å²) in [4.78, 5) is 42.7. The van der Waals surface area contributed by atoms with Crippen LogP contribution in [-0.2, 0) is 9.53 Å². The quantitative estimate of drug-likeness (QED) is 0.546. The number of halogens is 1. The number of amides is 1. The van der Waals surface area contributed by atoms with Crippen molar-refractivity contribution in [2.45, 2.75) is 33.2 Å². The lowest BCUT2D eigenvalue weighted by molar-refractivity contribution is -0.119. The maximum Gasteiger partial charge on any atom is 0.361 e. The standard InChI is InChI=1S/C20H21ClN4O6/c1-5-13(17(26)23-12-9-11(21)7-8-14(12)29-4)25-10(3)22-18-15(19(25)27)16(24-31-18)20(28)30-6-2/h7-9,13H,5-6H2,1-4H3,(H,23,26)/t13-/m0/s1. The highest BCUT2D eigenvalue weighted by Crippen LogP contribution is 2.29. The Kier molecular flexibility index (Phi) is 6.59. The summed E-state index contributed by atoms with van der Waals surface area (Å²) in [6.07, 6.45) is 0.267. The molecule has 0 saturated heterocycles. The number of carbonyl (C=O) groups excluding carboxylic acids is 2. The van der Waals surface area contributed by atoms with E-state index in [-0.39, 0.29) is 35.6 Å². The molecule has 1 N–H and O–H groups in total. The number of carbonyl (C=O) groups is 2. The SMILES string of the molecule is CCOC(=O)c1noc2nc(C)n([C@@H](CC)C(=O)Nc3cc(Cl)ccc3OC)c(=O)c12. The minimum atomic E-state index is -0.932. The summed E-state index contributed by atoms with van der Waals surface area (Å²) < 4.78 is 16.4. The lowest BCUT2D eigenvalue weighted by Crippen LogP contribution is -2.35. The van der Waals surface area contributed by atoms with Crippen LogP contribution in [-0.4, -0.2) is 40.3 Å². The molecule has 3 rings (SSSR count). The summed E-state index contributed by atoms with van der Waals surface area (Å²) in [6.45, 7) is 5.03. The van der Waals surface area contributed by atoms with E-state index in [0.717, 1.165) is 0 Å². The van der Waals surface area contributed by atoms with Gasteiger partial charge < -0.3 is 19.3 Å². The molecule has 164 valence electrons. The number of hydrogen-bond acceptors (Lipinski definition) is 8. The van der Waals surface area contributed by atoms with Gasteiger partial charge in [0.15, 0.2) is 0 Å². The summed E-state index contributed by atoms with van der Waals surface area (Å²) >= 11 is 6.03. The van der Waals surface area contributed by atoms with E-state index in [9.17, 15) is 14.4 Å². The first-order valence-corrected chi connectivity index (χ1v) is 9.90. The second-order valence-corrected chi connectivity index (χ2v) is 6.96. The number of esters is 1. The van der Waals surface area contributed by atoms with Crippen LogP contribution in [0, 0.1) is 6.92 Å². The highest BCUT2D eigenvalue weighted by atomic mass is 35.5. The normalized spacial score (nSPS) is 11.9. The molecule has 0 fully saturated rings. The fourth-order valence-corrected chi connectivity index (χ4v) is 3.38. The fraction of sp³-hybridized carbons (Fsp3) is 0.350. The van der Waals surface area contributed by atoms with Crippen molar-refractivity contribution in [3.05, 3.63) is 45.1 Å². The van der Waals surface area contributed by atoms with Gasteiger partial charge in [0, 0.05) is 5.02 Å². The molecule has 0 unspecified atom stereocenters. The largest absolute Gasteiger partial charge is 0.495 e. The molecule has 0 aliphatic rings. The average Bonchev–Trinajstić information content (AvgIpc) is 3.15. The molecule has 3 aromatic rings. The predicted octanol–water partition coefficient (Wildman–Crippen LogP) is 3.12. The van der Waals surface area contributed by atoms with Gasteiger partial charge in [0.25, 0.3) is 11.3 Å². The van der Waals surface area contributed by atoms with E-state index >= 15 is 0 Å². The summed E-state index contributed by atoms with van der Waals surface area (Å²) in [5, 5.41) is 6.63. The van der Waals surface area contributed by atoms with Crippen molar-refractivity contribution >= 4 is 40.3 Å². The number of fused-ring (bicyclic) bond motifs is 1. The molecule has 2 aromatic heterocycles. The Labute approximate surface area is 182 Å². The van der Waals surface area contributed by atoms with Crippen molar-refractivity contribution in [3.63, 3.8) is 0 Å². The first-order valence-electron chi connectivity index (χ1n) is 9.52. The van der Waals surface area contributed by atoms with Gasteiger partial charge in [-0.05, 0) is 38.5 Å². The molecule has 0 radical (unpaired) electrons. The van der Waals surface area contributed by atoms with Crippen LogP contribution in [0.1, 0.15) is 42.6 Å². The predicted molar refractivity (Wildman–Crippen MR) is 113 cm³/mol. The van der Waals surface area contributed by atoms with Crippen molar-refractivity contribution in [1.82, 2.24) is 14.7 Å². The summed E-state index contributed by atoms with van der Waals surface area (Å²) in [7, 11) is 1.46. The van der Waals surface area contributed by atoms with Gasteiger partial charge in [-0.2, -0.15) is 4.98 Å². The van der Waals surface area contributed by atoms with Gasteiger partial charge in [0.1, 0.15) is 23.0 Å². The first kappa shape index (κ1) is 22.3. The van der Waals surface area contributed by atoms with Gasteiger partial charge in [-0.25, -0.2) is 4.79 Å². The third-order valence-corrected chi connectivity index (χ3v) is 4.84. The maximum atomic E-state index is 13.3. The molecular formula is C20H21ClN4O6. The molecule has 31 heavy (non-hydrogen) atoms.